The Hall–Kier alpha value is -0.680. The number of hydrogen-bond acceptors (Lipinski definition) is 4. The average Bonchev–Trinajstić information content (AvgIpc) is 2.82. The standard InChI is InChI=1S/C12H21N3OS/c1-16-7-6-15-5-4-13-12(15)14-10-11-2-8-17-9-3-11/h4-5,11H,2-3,6-10H2,1H3,(H,13,14). The third-order valence-corrected chi connectivity index (χ3v) is 4.19. The predicted molar refractivity (Wildman–Crippen MR) is 72.6 cm³/mol. The molecule has 96 valence electrons. The maximum absolute atomic E-state index is 5.09. The number of aromatic nitrogens is 2. The van der Waals surface area contributed by atoms with Crippen molar-refractivity contribution >= 4 is 17.7 Å². The molecular formula is C12H21N3OS. The number of methoxy groups -OCH3 is 1. The van der Waals surface area contributed by atoms with Crippen LogP contribution in [0, 0.1) is 5.92 Å². The van der Waals surface area contributed by atoms with Crippen LogP contribution in [0.4, 0.5) is 5.95 Å². The molecule has 0 radical (unpaired) electrons. The van der Waals surface area contributed by atoms with Crippen molar-refractivity contribution in [3.05, 3.63) is 12.4 Å². The zero-order valence-electron chi connectivity index (χ0n) is 10.4. The van der Waals surface area contributed by atoms with Gasteiger partial charge in [0.1, 0.15) is 0 Å². The molecule has 0 aliphatic carbocycles. The van der Waals surface area contributed by atoms with Crippen LogP contribution in [-0.4, -0.2) is 41.3 Å². The second kappa shape index (κ2) is 6.91. The summed E-state index contributed by atoms with van der Waals surface area (Å²) in [7, 11) is 1.73. The summed E-state index contributed by atoms with van der Waals surface area (Å²) in [6, 6.07) is 0. The van der Waals surface area contributed by atoms with Crippen molar-refractivity contribution in [2.24, 2.45) is 5.92 Å². The smallest absolute Gasteiger partial charge is 0.202 e. The molecule has 1 aromatic rings. The highest BCUT2D eigenvalue weighted by atomic mass is 32.2. The van der Waals surface area contributed by atoms with E-state index in [9.17, 15) is 0 Å². The molecule has 2 rings (SSSR count). The van der Waals surface area contributed by atoms with Crippen LogP contribution in [0.3, 0.4) is 0 Å². The molecule has 0 unspecified atom stereocenters. The van der Waals surface area contributed by atoms with Crippen LogP contribution < -0.4 is 5.32 Å². The van der Waals surface area contributed by atoms with E-state index in [1.54, 1.807) is 7.11 Å². The number of nitrogens with zero attached hydrogens (tertiary/aromatic N) is 2. The quantitative estimate of drug-likeness (QED) is 0.845. The van der Waals surface area contributed by atoms with Crippen molar-refractivity contribution in [2.45, 2.75) is 19.4 Å². The minimum absolute atomic E-state index is 0.727. The maximum Gasteiger partial charge on any atom is 0.202 e. The minimum atomic E-state index is 0.727. The van der Waals surface area contributed by atoms with E-state index >= 15 is 0 Å². The van der Waals surface area contributed by atoms with Gasteiger partial charge in [-0.3, -0.25) is 0 Å². The third-order valence-electron chi connectivity index (χ3n) is 3.14. The predicted octanol–water partition coefficient (Wildman–Crippen LogP) is 2.08. The van der Waals surface area contributed by atoms with Gasteiger partial charge in [-0.05, 0) is 30.3 Å². The van der Waals surface area contributed by atoms with Gasteiger partial charge in [0, 0.05) is 32.6 Å². The summed E-state index contributed by atoms with van der Waals surface area (Å²) < 4.78 is 7.20. The van der Waals surface area contributed by atoms with Crippen molar-refractivity contribution in [1.82, 2.24) is 9.55 Å². The summed E-state index contributed by atoms with van der Waals surface area (Å²) >= 11 is 2.07. The van der Waals surface area contributed by atoms with Gasteiger partial charge in [0.15, 0.2) is 0 Å². The Morgan fingerprint density at radius 1 is 1.53 bits per heavy atom. The van der Waals surface area contributed by atoms with E-state index < -0.39 is 0 Å². The molecule has 4 nitrogen and oxygen atoms in total. The first-order chi connectivity index (χ1) is 8.40. The molecule has 0 spiro atoms. The number of rotatable bonds is 6. The fraction of sp³-hybridized carbons (Fsp3) is 0.750. The highest BCUT2D eigenvalue weighted by molar-refractivity contribution is 7.99. The van der Waals surface area contributed by atoms with Crippen LogP contribution in [0.25, 0.3) is 0 Å². The molecule has 0 bridgehead atoms. The third kappa shape index (κ3) is 3.92. The SMILES string of the molecule is COCCn1ccnc1NCC1CCSCC1. The van der Waals surface area contributed by atoms with Gasteiger partial charge in [-0.1, -0.05) is 0 Å². The maximum atomic E-state index is 5.09. The highest BCUT2D eigenvalue weighted by Gasteiger charge is 2.14. The number of hydrogen-bond donors (Lipinski definition) is 1. The Bertz CT molecular complexity index is 323. The molecule has 0 aromatic carbocycles. The zero-order valence-corrected chi connectivity index (χ0v) is 11.2. The molecule has 5 heteroatoms. The lowest BCUT2D eigenvalue weighted by molar-refractivity contribution is 0.187. The van der Waals surface area contributed by atoms with Crippen molar-refractivity contribution < 1.29 is 4.74 Å². The first-order valence-corrected chi connectivity index (χ1v) is 7.37. The number of nitrogens with one attached hydrogen (secondary N) is 1. The fourth-order valence-corrected chi connectivity index (χ4v) is 3.24. The van der Waals surface area contributed by atoms with Gasteiger partial charge in [-0.2, -0.15) is 11.8 Å². The first kappa shape index (κ1) is 12.8. The highest BCUT2D eigenvalue weighted by Crippen LogP contribution is 2.22. The van der Waals surface area contributed by atoms with Gasteiger partial charge in [0.2, 0.25) is 5.95 Å². The lowest BCUT2D eigenvalue weighted by Crippen LogP contribution is -2.21. The molecule has 2 heterocycles. The Kier molecular flexibility index (Phi) is 5.19. The Balaban J connectivity index is 1.79. The van der Waals surface area contributed by atoms with Crippen LogP contribution in [0.15, 0.2) is 12.4 Å². The van der Waals surface area contributed by atoms with E-state index in [0.717, 1.165) is 31.6 Å². The molecular weight excluding hydrogens is 234 g/mol. The van der Waals surface area contributed by atoms with Crippen LogP contribution >= 0.6 is 11.8 Å². The topological polar surface area (TPSA) is 39.1 Å². The Morgan fingerprint density at radius 3 is 3.12 bits per heavy atom. The van der Waals surface area contributed by atoms with Crippen molar-refractivity contribution in [2.75, 3.05) is 37.1 Å². The van der Waals surface area contributed by atoms with Gasteiger partial charge >= 0.3 is 0 Å². The number of imidazole rings is 1. The summed E-state index contributed by atoms with van der Waals surface area (Å²) in [5.41, 5.74) is 0. The summed E-state index contributed by atoms with van der Waals surface area (Å²) in [6.45, 7) is 2.63. The number of thioether (sulfide) groups is 1. The Morgan fingerprint density at radius 2 is 2.35 bits per heavy atom. The lowest BCUT2D eigenvalue weighted by atomic mass is 10.0. The normalized spacial score (nSPS) is 17.2. The lowest BCUT2D eigenvalue weighted by Gasteiger charge is -2.22. The molecule has 1 saturated heterocycles. The largest absolute Gasteiger partial charge is 0.383 e. The molecule has 0 saturated carbocycles. The van der Waals surface area contributed by atoms with Crippen LogP contribution in [-0.2, 0) is 11.3 Å². The summed E-state index contributed by atoms with van der Waals surface area (Å²) in [5.74, 6) is 4.40. The molecule has 1 aliphatic rings. The van der Waals surface area contributed by atoms with E-state index in [2.05, 4.69) is 26.6 Å². The van der Waals surface area contributed by atoms with Gasteiger partial charge < -0.3 is 14.6 Å². The Labute approximate surface area is 107 Å². The van der Waals surface area contributed by atoms with Crippen molar-refractivity contribution in [1.29, 1.82) is 0 Å². The number of anilines is 1. The van der Waals surface area contributed by atoms with E-state index in [-0.39, 0.29) is 0 Å². The second-order valence-corrected chi connectivity index (χ2v) is 5.60. The summed E-state index contributed by atoms with van der Waals surface area (Å²) in [6.07, 6.45) is 6.50. The molecule has 1 fully saturated rings. The van der Waals surface area contributed by atoms with Gasteiger partial charge in [0.05, 0.1) is 6.61 Å². The van der Waals surface area contributed by atoms with Crippen LogP contribution in [0.2, 0.25) is 0 Å². The molecule has 0 atom stereocenters. The summed E-state index contributed by atoms with van der Waals surface area (Å²) in [5, 5.41) is 3.46. The number of ether oxygens (including phenoxy) is 1. The van der Waals surface area contributed by atoms with Gasteiger partial charge in [-0.15, -0.1) is 0 Å². The molecule has 1 aromatic heterocycles. The van der Waals surface area contributed by atoms with E-state index in [0.29, 0.717) is 0 Å². The monoisotopic (exact) mass is 255 g/mol. The molecule has 1 aliphatic heterocycles. The van der Waals surface area contributed by atoms with E-state index in [4.69, 9.17) is 4.74 Å². The van der Waals surface area contributed by atoms with E-state index in [1.165, 1.54) is 24.3 Å². The van der Waals surface area contributed by atoms with Crippen molar-refractivity contribution in [3.8, 4) is 0 Å². The summed E-state index contributed by atoms with van der Waals surface area (Å²) in [4.78, 5) is 4.34. The molecule has 0 amide bonds. The first-order valence-electron chi connectivity index (χ1n) is 6.22. The van der Waals surface area contributed by atoms with Gasteiger partial charge in [0.25, 0.3) is 0 Å². The zero-order chi connectivity index (χ0) is 11.9. The van der Waals surface area contributed by atoms with E-state index in [1.807, 2.05) is 12.4 Å². The van der Waals surface area contributed by atoms with Crippen molar-refractivity contribution in [3.63, 3.8) is 0 Å². The van der Waals surface area contributed by atoms with Crippen LogP contribution in [0.5, 0.6) is 0 Å². The second-order valence-electron chi connectivity index (χ2n) is 4.37. The average molecular weight is 255 g/mol. The van der Waals surface area contributed by atoms with Crippen LogP contribution in [0.1, 0.15) is 12.8 Å². The van der Waals surface area contributed by atoms with Gasteiger partial charge in [-0.25, -0.2) is 4.98 Å². The molecule has 1 N–H and O–H groups in total. The molecule has 17 heavy (non-hydrogen) atoms. The fourth-order valence-electron chi connectivity index (χ4n) is 2.03. The minimum Gasteiger partial charge on any atom is -0.383 e.